The summed E-state index contributed by atoms with van der Waals surface area (Å²) in [6, 6.07) is 14.2. The van der Waals surface area contributed by atoms with Crippen LogP contribution in [0.1, 0.15) is 25.0 Å². The summed E-state index contributed by atoms with van der Waals surface area (Å²) in [5.41, 5.74) is 2.22. The third-order valence-electron chi connectivity index (χ3n) is 3.03. The minimum atomic E-state index is -5.18. The molecule has 0 saturated carbocycles. The van der Waals surface area contributed by atoms with E-state index < -0.39 is 20.1 Å². The van der Waals surface area contributed by atoms with Crippen molar-refractivity contribution in [3.8, 4) is 11.5 Å². The Morgan fingerprint density at radius 2 is 1.41 bits per heavy atom. The number of rotatable bonds is 6. The van der Waals surface area contributed by atoms with E-state index in [1.54, 1.807) is 24.3 Å². The molecule has 5 heteroatoms. The van der Waals surface area contributed by atoms with Gasteiger partial charge in [-0.3, -0.25) is 0 Å². The van der Waals surface area contributed by atoms with Crippen molar-refractivity contribution in [3.63, 3.8) is 0 Å². The molecule has 2 aromatic carbocycles. The summed E-state index contributed by atoms with van der Waals surface area (Å²) in [4.78, 5) is 0. The Hall–Kier alpha value is -1.38. The van der Waals surface area contributed by atoms with E-state index in [1.165, 1.54) is 5.56 Å². The summed E-state index contributed by atoms with van der Waals surface area (Å²) in [5, 5.41) is 0. The summed E-state index contributed by atoms with van der Waals surface area (Å²) in [6.07, 6.45) is 0.963. The van der Waals surface area contributed by atoms with Gasteiger partial charge in [-0.15, -0.1) is 0 Å². The van der Waals surface area contributed by atoms with Crippen molar-refractivity contribution >= 4 is 20.1 Å². The summed E-state index contributed by atoms with van der Waals surface area (Å²) in [5.74, 6) is 1.25. The zero-order valence-corrected chi connectivity index (χ0v) is 15.6. The van der Waals surface area contributed by atoms with Gasteiger partial charge in [-0.25, -0.2) is 0 Å². The molecule has 0 saturated heterocycles. The van der Waals surface area contributed by atoms with Crippen LogP contribution in [0.25, 0.3) is 0 Å². The first kappa shape index (κ1) is 17.0. The SMILES string of the molecule is Cc1ccc([O][Sb](=[O])([OH])[O]c2ccc(CC(C)C)cc2)cc1. The monoisotopic (exact) mass is 410 g/mol. The minimum absolute atomic E-state index is 0.338. The van der Waals surface area contributed by atoms with Gasteiger partial charge in [0, 0.05) is 0 Å². The standard InChI is InChI=1S/C10H14O.C7H8O.H2O.O.Sb/c1-8(2)7-9-3-5-10(11)6-4-9;1-6-2-4-7(8)5-3-6;;;/h3-6,8,11H,7H2,1-2H3;2-5,8H,1H3;1H2;;/q;;;;+3/p-3. The van der Waals surface area contributed by atoms with E-state index in [0.29, 0.717) is 17.4 Å². The summed E-state index contributed by atoms with van der Waals surface area (Å²) in [7, 11) is 0. The molecule has 22 heavy (non-hydrogen) atoms. The molecule has 0 aromatic heterocycles. The molecular formula is C17H21O4Sb. The van der Waals surface area contributed by atoms with Gasteiger partial charge in [0.1, 0.15) is 0 Å². The van der Waals surface area contributed by atoms with Crippen LogP contribution < -0.4 is 6.03 Å². The van der Waals surface area contributed by atoms with Gasteiger partial charge in [0.25, 0.3) is 0 Å². The van der Waals surface area contributed by atoms with Gasteiger partial charge in [0.05, 0.1) is 0 Å². The van der Waals surface area contributed by atoms with E-state index >= 15 is 0 Å². The molecule has 0 fully saturated rings. The van der Waals surface area contributed by atoms with E-state index in [2.05, 4.69) is 13.8 Å². The molecule has 2 aromatic rings. The number of benzene rings is 2. The molecule has 4 nitrogen and oxygen atoms in total. The molecule has 0 spiro atoms. The summed E-state index contributed by atoms with van der Waals surface area (Å²) < 4.78 is 32.3. The van der Waals surface area contributed by atoms with Crippen molar-refractivity contribution in [3.05, 3.63) is 59.7 Å². The second-order valence-corrected chi connectivity index (χ2v) is 9.42. The first-order chi connectivity index (χ1) is 10.3. The van der Waals surface area contributed by atoms with Crippen molar-refractivity contribution in [1.29, 1.82) is 0 Å². The Balaban J connectivity index is 2.01. The average Bonchev–Trinajstić information content (AvgIpc) is 2.42. The van der Waals surface area contributed by atoms with Crippen LogP contribution in [-0.2, 0) is 9.44 Å². The Morgan fingerprint density at radius 1 is 0.955 bits per heavy atom. The molecule has 0 radical (unpaired) electrons. The fourth-order valence-corrected chi connectivity index (χ4v) is 4.36. The van der Waals surface area contributed by atoms with Crippen LogP contribution in [0, 0.1) is 12.8 Å². The molecule has 0 heterocycles. The molecule has 0 aliphatic rings. The fraction of sp³-hybridized carbons (Fsp3) is 0.294. The molecule has 0 bridgehead atoms. The molecule has 118 valence electrons. The zero-order chi connectivity index (χ0) is 16.2. The van der Waals surface area contributed by atoms with Gasteiger partial charge >= 0.3 is 137 Å². The first-order valence-electron chi connectivity index (χ1n) is 7.22. The van der Waals surface area contributed by atoms with Gasteiger partial charge in [-0.2, -0.15) is 0 Å². The second-order valence-electron chi connectivity index (χ2n) is 5.71. The summed E-state index contributed by atoms with van der Waals surface area (Å²) in [6.45, 7) is 6.23. The molecule has 0 aliphatic carbocycles. The van der Waals surface area contributed by atoms with Gasteiger partial charge < -0.3 is 0 Å². The third kappa shape index (κ3) is 5.43. The normalized spacial score (nSPS) is 13.7. The van der Waals surface area contributed by atoms with E-state index in [1.807, 2.05) is 31.2 Å². The molecule has 1 unspecified atom stereocenters. The van der Waals surface area contributed by atoms with Gasteiger partial charge in [0.15, 0.2) is 0 Å². The van der Waals surface area contributed by atoms with E-state index in [-0.39, 0.29) is 0 Å². The second kappa shape index (κ2) is 7.25. The van der Waals surface area contributed by atoms with E-state index in [9.17, 15) is 6.40 Å². The summed E-state index contributed by atoms with van der Waals surface area (Å²) >= 11 is -5.18. The number of aryl methyl sites for hydroxylation is 1. The van der Waals surface area contributed by atoms with Crippen molar-refractivity contribution in [1.82, 2.24) is 0 Å². The maximum atomic E-state index is 12.1. The van der Waals surface area contributed by atoms with E-state index in [4.69, 9.17) is 6.03 Å². The number of hydrogen-bond acceptors (Lipinski definition) is 3. The van der Waals surface area contributed by atoms with Gasteiger partial charge in [-0.1, -0.05) is 0 Å². The van der Waals surface area contributed by atoms with Crippen molar-refractivity contribution in [2.24, 2.45) is 5.92 Å². The first-order valence-corrected chi connectivity index (χ1v) is 11.5. The molecule has 1 N–H and O–H groups in total. The van der Waals surface area contributed by atoms with Crippen LogP contribution in [0.3, 0.4) is 0 Å². The van der Waals surface area contributed by atoms with Crippen molar-refractivity contribution in [2.75, 3.05) is 0 Å². The van der Waals surface area contributed by atoms with Crippen LogP contribution in [0.15, 0.2) is 48.5 Å². The molecule has 0 amide bonds. The topological polar surface area (TPSA) is 55.8 Å². The Morgan fingerprint density at radius 3 is 1.86 bits per heavy atom. The van der Waals surface area contributed by atoms with Gasteiger partial charge in [0.2, 0.25) is 0 Å². The zero-order valence-electron chi connectivity index (χ0n) is 13.0. The Bertz CT molecular complexity index is 647. The van der Waals surface area contributed by atoms with Crippen LogP contribution in [0.2, 0.25) is 0 Å². The van der Waals surface area contributed by atoms with Crippen molar-refractivity contribution in [2.45, 2.75) is 27.2 Å². The molecule has 1 atom stereocenters. The maximum absolute atomic E-state index is 12.1. The Kier molecular flexibility index (Phi) is 5.60. The van der Waals surface area contributed by atoms with Crippen LogP contribution in [0.5, 0.6) is 11.5 Å². The Labute approximate surface area is 136 Å². The third-order valence-corrected chi connectivity index (χ3v) is 5.55. The molecule has 2 rings (SSSR count). The predicted molar refractivity (Wildman–Crippen MR) is 86.1 cm³/mol. The average molecular weight is 411 g/mol. The van der Waals surface area contributed by atoms with Crippen LogP contribution in [0.4, 0.5) is 0 Å². The molecular weight excluding hydrogens is 390 g/mol. The predicted octanol–water partition coefficient (Wildman–Crippen LogP) is 3.51. The molecule has 0 aliphatic heterocycles. The fourth-order valence-electron chi connectivity index (χ4n) is 2.04. The number of hydrogen-bond donors (Lipinski definition) is 1. The van der Waals surface area contributed by atoms with Crippen LogP contribution in [-0.4, -0.2) is 23.4 Å². The quantitative estimate of drug-likeness (QED) is 0.740. The van der Waals surface area contributed by atoms with Crippen LogP contribution >= 0.6 is 0 Å². The van der Waals surface area contributed by atoms with E-state index in [0.717, 1.165) is 12.0 Å². The van der Waals surface area contributed by atoms with Gasteiger partial charge in [-0.05, 0) is 0 Å². The van der Waals surface area contributed by atoms with Crippen molar-refractivity contribution < 1.29 is 12.4 Å².